The topological polar surface area (TPSA) is 67.3 Å². The largest absolute Gasteiger partial charge is 0.393 e. The van der Waals surface area contributed by atoms with Crippen LogP contribution in [0.3, 0.4) is 0 Å². The predicted octanol–water partition coefficient (Wildman–Crippen LogP) is 2.24. The van der Waals surface area contributed by atoms with Crippen LogP contribution in [0.4, 0.5) is 5.82 Å². The Labute approximate surface area is 118 Å². The third-order valence-corrected chi connectivity index (χ3v) is 3.54. The Bertz CT molecular complexity index is 417. The van der Waals surface area contributed by atoms with Crippen LogP contribution in [0.1, 0.15) is 31.5 Å². The number of hydrogen-bond donors (Lipinski definition) is 2. The molecule has 1 aromatic heterocycles. The SMILES string of the molecule is COCc1nc(Cl)cc(NCC2CCCC(O)C2)n1. The zero-order valence-electron chi connectivity index (χ0n) is 11.1. The first-order valence-corrected chi connectivity index (χ1v) is 6.99. The number of hydrogen-bond acceptors (Lipinski definition) is 5. The standard InChI is InChI=1S/C13H20ClN3O2/c1-19-8-13-16-11(14)6-12(17-13)15-7-9-3-2-4-10(18)5-9/h6,9-10,18H,2-5,7-8H2,1H3,(H,15,16,17). The number of aromatic nitrogens is 2. The molecular weight excluding hydrogens is 266 g/mol. The predicted molar refractivity (Wildman–Crippen MR) is 74.2 cm³/mol. The molecule has 0 radical (unpaired) electrons. The molecule has 5 nitrogen and oxygen atoms in total. The van der Waals surface area contributed by atoms with Crippen LogP contribution in [-0.2, 0) is 11.3 Å². The molecule has 2 atom stereocenters. The maximum atomic E-state index is 9.64. The van der Waals surface area contributed by atoms with Crippen molar-refractivity contribution in [2.24, 2.45) is 5.92 Å². The molecule has 0 aliphatic heterocycles. The summed E-state index contributed by atoms with van der Waals surface area (Å²) in [5.74, 6) is 1.77. The molecule has 1 aromatic rings. The molecule has 0 bridgehead atoms. The third-order valence-electron chi connectivity index (χ3n) is 3.34. The molecule has 1 saturated carbocycles. The van der Waals surface area contributed by atoms with Gasteiger partial charge < -0.3 is 15.2 Å². The van der Waals surface area contributed by atoms with E-state index in [-0.39, 0.29) is 6.10 Å². The van der Waals surface area contributed by atoms with E-state index in [4.69, 9.17) is 16.3 Å². The van der Waals surface area contributed by atoms with Gasteiger partial charge in [-0.05, 0) is 25.2 Å². The van der Waals surface area contributed by atoms with Gasteiger partial charge in [0.1, 0.15) is 17.6 Å². The minimum absolute atomic E-state index is 0.154. The van der Waals surface area contributed by atoms with Crippen molar-refractivity contribution in [1.29, 1.82) is 0 Å². The Hall–Kier alpha value is -0.910. The molecule has 2 rings (SSSR count). The number of halogens is 1. The second kappa shape index (κ2) is 7.03. The van der Waals surface area contributed by atoms with Crippen LogP contribution in [-0.4, -0.2) is 34.8 Å². The van der Waals surface area contributed by atoms with E-state index in [0.29, 0.717) is 29.3 Å². The quantitative estimate of drug-likeness (QED) is 0.812. The summed E-state index contributed by atoms with van der Waals surface area (Å²) in [5.41, 5.74) is 0. The van der Waals surface area contributed by atoms with Gasteiger partial charge >= 0.3 is 0 Å². The van der Waals surface area contributed by atoms with E-state index in [1.807, 2.05) is 0 Å². The van der Waals surface area contributed by atoms with Gasteiger partial charge in [0, 0.05) is 19.7 Å². The van der Waals surface area contributed by atoms with Crippen molar-refractivity contribution in [3.05, 3.63) is 17.0 Å². The monoisotopic (exact) mass is 285 g/mol. The zero-order chi connectivity index (χ0) is 13.7. The molecular formula is C13H20ClN3O2. The molecule has 0 saturated heterocycles. The molecule has 0 aromatic carbocycles. The van der Waals surface area contributed by atoms with E-state index in [2.05, 4.69) is 15.3 Å². The lowest BCUT2D eigenvalue weighted by molar-refractivity contribution is 0.104. The van der Waals surface area contributed by atoms with Crippen molar-refractivity contribution in [3.8, 4) is 0 Å². The fourth-order valence-electron chi connectivity index (χ4n) is 2.45. The summed E-state index contributed by atoms with van der Waals surface area (Å²) >= 11 is 5.94. The van der Waals surface area contributed by atoms with Crippen molar-refractivity contribution in [2.45, 2.75) is 38.4 Å². The van der Waals surface area contributed by atoms with Crippen LogP contribution in [0.2, 0.25) is 5.15 Å². The van der Waals surface area contributed by atoms with Gasteiger partial charge in [-0.2, -0.15) is 0 Å². The highest BCUT2D eigenvalue weighted by atomic mass is 35.5. The van der Waals surface area contributed by atoms with Crippen LogP contribution in [0.15, 0.2) is 6.07 Å². The Morgan fingerprint density at radius 3 is 3.05 bits per heavy atom. The molecule has 2 N–H and O–H groups in total. The van der Waals surface area contributed by atoms with Crippen molar-refractivity contribution in [2.75, 3.05) is 19.0 Å². The molecule has 0 spiro atoms. The van der Waals surface area contributed by atoms with Gasteiger partial charge in [0.25, 0.3) is 0 Å². The minimum atomic E-state index is -0.154. The maximum absolute atomic E-state index is 9.64. The Morgan fingerprint density at radius 2 is 2.32 bits per heavy atom. The molecule has 1 fully saturated rings. The third kappa shape index (κ3) is 4.60. The van der Waals surface area contributed by atoms with Crippen LogP contribution in [0.5, 0.6) is 0 Å². The molecule has 1 aliphatic carbocycles. The molecule has 0 amide bonds. The lowest BCUT2D eigenvalue weighted by Gasteiger charge is -2.26. The summed E-state index contributed by atoms with van der Waals surface area (Å²) < 4.78 is 5.00. The number of anilines is 1. The number of nitrogens with zero attached hydrogens (tertiary/aromatic N) is 2. The van der Waals surface area contributed by atoms with Gasteiger partial charge in [-0.25, -0.2) is 9.97 Å². The van der Waals surface area contributed by atoms with E-state index in [0.717, 1.165) is 32.2 Å². The van der Waals surface area contributed by atoms with Crippen LogP contribution in [0, 0.1) is 5.92 Å². The summed E-state index contributed by atoms with van der Waals surface area (Å²) in [5, 5.41) is 13.3. The lowest BCUT2D eigenvalue weighted by atomic mass is 9.87. The van der Waals surface area contributed by atoms with Crippen LogP contribution in [0.25, 0.3) is 0 Å². The van der Waals surface area contributed by atoms with E-state index < -0.39 is 0 Å². The number of aliphatic hydroxyl groups excluding tert-OH is 1. The summed E-state index contributed by atoms with van der Waals surface area (Å²) in [6.45, 7) is 1.15. The Balaban J connectivity index is 1.91. The van der Waals surface area contributed by atoms with Gasteiger partial charge in [0.05, 0.1) is 6.10 Å². The highest BCUT2D eigenvalue weighted by molar-refractivity contribution is 6.29. The van der Waals surface area contributed by atoms with E-state index >= 15 is 0 Å². The van der Waals surface area contributed by atoms with Gasteiger partial charge in [-0.15, -0.1) is 0 Å². The lowest BCUT2D eigenvalue weighted by Crippen LogP contribution is -2.25. The first kappa shape index (κ1) is 14.5. The smallest absolute Gasteiger partial charge is 0.158 e. The van der Waals surface area contributed by atoms with Crippen LogP contribution < -0.4 is 5.32 Å². The molecule has 2 unspecified atom stereocenters. The van der Waals surface area contributed by atoms with E-state index in [9.17, 15) is 5.11 Å². The normalized spacial score (nSPS) is 23.3. The maximum Gasteiger partial charge on any atom is 0.158 e. The van der Waals surface area contributed by atoms with Gasteiger partial charge in [-0.3, -0.25) is 0 Å². The first-order valence-electron chi connectivity index (χ1n) is 6.61. The molecule has 1 aliphatic rings. The average molecular weight is 286 g/mol. The summed E-state index contributed by atoms with van der Waals surface area (Å²) in [7, 11) is 1.60. The van der Waals surface area contributed by atoms with Crippen molar-refractivity contribution in [3.63, 3.8) is 0 Å². The Kier molecular flexibility index (Phi) is 5.36. The minimum Gasteiger partial charge on any atom is -0.393 e. The van der Waals surface area contributed by atoms with E-state index in [1.54, 1.807) is 13.2 Å². The zero-order valence-corrected chi connectivity index (χ0v) is 11.9. The fraction of sp³-hybridized carbons (Fsp3) is 0.692. The van der Waals surface area contributed by atoms with Crippen molar-refractivity contribution in [1.82, 2.24) is 9.97 Å². The number of aliphatic hydroxyl groups is 1. The highest BCUT2D eigenvalue weighted by Gasteiger charge is 2.20. The first-order chi connectivity index (χ1) is 9.17. The van der Waals surface area contributed by atoms with Gasteiger partial charge in [-0.1, -0.05) is 18.0 Å². The molecule has 106 valence electrons. The summed E-state index contributed by atoms with van der Waals surface area (Å²) in [6.07, 6.45) is 3.87. The number of nitrogens with one attached hydrogen (secondary N) is 1. The van der Waals surface area contributed by atoms with Crippen LogP contribution >= 0.6 is 11.6 Å². The van der Waals surface area contributed by atoms with Gasteiger partial charge in [0.2, 0.25) is 0 Å². The second-order valence-electron chi connectivity index (χ2n) is 4.99. The van der Waals surface area contributed by atoms with Crippen molar-refractivity contribution < 1.29 is 9.84 Å². The molecule has 19 heavy (non-hydrogen) atoms. The van der Waals surface area contributed by atoms with Gasteiger partial charge in [0.15, 0.2) is 5.82 Å². The Morgan fingerprint density at radius 1 is 1.47 bits per heavy atom. The van der Waals surface area contributed by atoms with Crippen molar-refractivity contribution >= 4 is 17.4 Å². The highest BCUT2D eigenvalue weighted by Crippen LogP contribution is 2.24. The molecule has 1 heterocycles. The van der Waals surface area contributed by atoms with E-state index in [1.165, 1.54) is 0 Å². The summed E-state index contributed by atoms with van der Waals surface area (Å²) in [4.78, 5) is 8.41. The number of ether oxygens (including phenoxy) is 1. The number of methoxy groups -OCH3 is 1. The second-order valence-corrected chi connectivity index (χ2v) is 5.38. The average Bonchev–Trinajstić information content (AvgIpc) is 2.36. The summed E-state index contributed by atoms with van der Waals surface area (Å²) in [6, 6.07) is 1.71. The molecule has 6 heteroatoms. The number of rotatable bonds is 5. The fourth-order valence-corrected chi connectivity index (χ4v) is 2.65.